The van der Waals surface area contributed by atoms with Gasteiger partial charge in [-0.2, -0.15) is 0 Å². The van der Waals surface area contributed by atoms with Crippen LogP contribution in [0.25, 0.3) is 65.7 Å². The van der Waals surface area contributed by atoms with Crippen LogP contribution in [0.4, 0.5) is 17.1 Å². The fraction of sp³-hybridized carbons (Fsp3) is 0. The summed E-state index contributed by atoms with van der Waals surface area (Å²) in [7, 11) is 0. The monoisotopic (exact) mass is 527 g/mol. The van der Waals surface area contributed by atoms with Crippen molar-refractivity contribution in [3.05, 3.63) is 128 Å². The summed E-state index contributed by atoms with van der Waals surface area (Å²) in [4.78, 5) is 11.6. The van der Waals surface area contributed by atoms with Crippen LogP contribution in [0, 0.1) is 0 Å². The second-order valence-electron chi connectivity index (χ2n) is 10.3. The van der Waals surface area contributed by atoms with Crippen LogP contribution in [0.3, 0.4) is 0 Å². The van der Waals surface area contributed by atoms with E-state index in [1.54, 1.807) is 6.20 Å². The van der Waals surface area contributed by atoms with E-state index in [2.05, 4.69) is 82.7 Å². The number of aromatic nitrogens is 2. The first kappa shape index (κ1) is 22.2. The maximum atomic E-state index is 6.24. The van der Waals surface area contributed by atoms with E-state index >= 15 is 0 Å². The van der Waals surface area contributed by atoms with Gasteiger partial charge < -0.3 is 13.7 Å². The van der Waals surface area contributed by atoms with E-state index in [0.29, 0.717) is 0 Å². The molecule has 5 heteroatoms. The third-order valence-electron chi connectivity index (χ3n) is 7.93. The van der Waals surface area contributed by atoms with Gasteiger partial charge in [-0.15, -0.1) is 0 Å². The van der Waals surface area contributed by atoms with Gasteiger partial charge in [0, 0.05) is 29.2 Å². The summed E-state index contributed by atoms with van der Waals surface area (Å²) in [6, 6.07) is 39.8. The van der Waals surface area contributed by atoms with Crippen LogP contribution in [0.1, 0.15) is 0 Å². The molecule has 0 amide bonds. The molecule has 0 saturated carbocycles. The number of furan rings is 2. The molecule has 4 heterocycles. The summed E-state index contributed by atoms with van der Waals surface area (Å²) in [5.41, 5.74) is 7.84. The molecule has 0 atom stereocenters. The summed E-state index contributed by atoms with van der Waals surface area (Å²) < 4.78 is 12.4. The maximum absolute atomic E-state index is 6.24. The third kappa shape index (κ3) is 3.29. The quantitative estimate of drug-likeness (QED) is 0.214. The van der Waals surface area contributed by atoms with E-state index in [4.69, 9.17) is 13.8 Å². The summed E-state index contributed by atoms with van der Waals surface area (Å²) in [5, 5.41) is 6.77. The van der Waals surface area contributed by atoms with Gasteiger partial charge in [-0.1, -0.05) is 48.5 Å². The van der Waals surface area contributed by atoms with Crippen LogP contribution in [-0.2, 0) is 0 Å². The predicted molar refractivity (Wildman–Crippen MR) is 166 cm³/mol. The fourth-order valence-electron chi connectivity index (χ4n) is 6.09. The molecule has 0 saturated heterocycles. The van der Waals surface area contributed by atoms with Gasteiger partial charge in [0.1, 0.15) is 22.2 Å². The fourth-order valence-corrected chi connectivity index (χ4v) is 6.09. The first-order valence-electron chi connectivity index (χ1n) is 13.6. The van der Waals surface area contributed by atoms with Crippen LogP contribution in [0.2, 0.25) is 0 Å². The molecule has 0 fully saturated rings. The van der Waals surface area contributed by atoms with Crippen molar-refractivity contribution in [3.63, 3.8) is 0 Å². The third-order valence-corrected chi connectivity index (χ3v) is 7.93. The molecule has 9 rings (SSSR count). The smallest absolute Gasteiger partial charge is 0.153 e. The first-order valence-corrected chi connectivity index (χ1v) is 13.6. The van der Waals surface area contributed by atoms with Gasteiger partial charge in [0.05, 0.1) is 11.1 Å². The average Bonchev–Trinajstić information content (AvgIpc) is 3.60. The van der Waals surface area contributed by atoms with Gasteiger partial charge in [-0.05, 0) is 88.3 Å². The Hall–Kier alpha value is -5.68. The molecule has 192 valence electrons. The van der Waals surface area contributed by atoms with Crippen LogP contribution in [0.15, 0.2) is 136 Å². The van der Waals surface area contributed by atoms with Crippen molar-refractivity contribution in [2.24, 2.45) is 0 Å². The second-order valence-corrected chi connectivity index (χ2v) is 10.3. The van der Waals surface area contributed by atoms with E-state index in [0.717, 1.165) is 61.2 Å². The van der Waals surface area contributed by atoms with Crippen molar-refractivity contribution in [1.82, 2.24) is 9.97 Å². The highest BCUT2D eigenvalue weighted by molar-refractivity contribution is 6.14. The van der Waals surface area contributed by atoms with Gasteiger partial charge in [-0.3, -0.25) is 9.97 Å². The molecular weight excluding hydrogens is 506 g/mol. The molecule has 0 aliphatic rings. The molecular formula is C36H21N3O2. The molecule has 0 aliphatic heterocycles. The van der Waals surface area contributed by atoms with Crippen molar-refractivity contribution >= 4 is 82.7 Å². The summed E-state index contributed by atoms with van der Waals surface area (Å²) in [5.74, 6) is 0. The number of pyridine rings is 2. The number of hydrogen-bond acceptors (Lipinski definition) is 5. The highest BCUT2D eigenvalue weighted by Crippen LogP contribution is 2.44. The van der Waals surface area contributed by atoms with E-state index in [1.165, 1.54) is 21.5 Å². The minimum absolute atomic E-state index is 0.764. The van der Waals surface area contributed by atoms with Crippen molar-refractivity contribution in [2.75, 3.05) is 4.90 Å². The first-order chi connectivity index (χ1) is 20.3. The molecule has 5 nitrogen and oxygen atoms in total. The molecule has 0 radical (unpaired) electrons. The maximum Gasteiger partial charge on any atom is 0.153 e. The number of nitrogens with zero attached hydrogens (tertiary/aromatic N) is 3. The van der Waals surface area contributed by atoms with Crippen LogP contribution in [0.5, 0.6) is 0 Å². The molecule has 0 spiro atoms. The van der Waals surface area contributed by atoms with Crippen LogP contribution in [-0.4, -0.2) is 9.97 Å². The van der Waals surface area contributed by atoms with Gasteiger partial charge in [-0.25, -0.2) is 0 Å². The minimum atomic E-state index is 0.764. The van der Waals surface area contributed by atoms with Crippen LogP contribution >= 0.6 is 0 Å². The molecule has 5 aromatic carbocycles. The zero-order valence-electron chi connectivity index (χ0n) is 21.8. The molecule has 41 heavy (non-hydrogen) atoms. The molecule has 0 N–H and O–H groups in total. The molecule has 9 aromatic rings. The van der Waals surface area contributed by atoms with Gasteiger partial charge in [0.15, 0.2) is 11.2 Å². The highest BCUT2D eigenvalue weighted by atomic mass is 16.3. The Labute approximate surface area is 233 Å². The van der Waals surface area contributed by atoms with Crippen molar-refractivity contribution in [2.45, 2.75) is 0 Å². The molecule has 0 unspecified atom stereocenters. The van der Waals surface area contributed by atoms with E-state index < -0.39 is 0 Å². The number of anilines is 3. The van der Waals surface area contributed by atoms with Gasteiger partial charge in [0.25, 0.3) is 0 Å². The number of benzene rings is 5. The van der Waals surface area contributed by atoms with Crippen molar-refractivity contribution in [1.29, 1.82) is 0 Å². The standard InChI is InChI=1S/C36H21N3O2/c1-2-7-26-22(6-1)12-13-23-14-15-24(20-27(23)26)39(25-16-17-30-28(21-25)35-32(40-30)10-4-18-37-35)29-8-3-9-31-34(29)36-33(41-31)11-5-19-38-36/h1-21H. The molecule has 0 bridgehead atoms. The Morgan fingerprint density at radius 3 is 2.00 bits per heavy atom. The second kappa shape index (κ2) is 8.41. The largest absolute Gasteiger partial charge is 0.454 e. The molecule has 4 aromatic heterocycles. The lowest BCUT2D eigenvalue weighted by Crippen LogP contribution is -2.10. The topological polar surface area (TPSA) is 55.3 Å². The van der Waals surface area contributed by atoms with Crippen molar-refractivity contribution in [3.8, 4) is 0 Å². The Morgan fingerprint density at radius 2 is 1.12 bits per heavy atom. The zero-order valence-corrected chi connectivity index (χ0v) is 21.8. The lowest BCUT2D eigenvalue weighted by Gasteiger charge is -2.26. The number of rotatable bonds is 3. The summed E-state index contributed by atoms with van der Waals surface area (Å²) >= 11 is 0. The number of fused-ring (bicyclic) bond motifs is 9. The van der Waals surface area contributed by atoms with Gasteiger partial charge >= 0.3 is 0 Å². The normalized spacial score (nSPS) is 11.9. The van der Waals surface area contributed by atoms with E-state index in [9.17, 15) is 0 Å². The lowest BCUT2D eigenvalue weighted by atomic mass is 10.0. The minimum Gasteiger partial charge on any atom is -0.454 e. The average molecular weight is 528 g/mol. The Balaban J connectivity index is 1.38. The van der Waals surface area contributed by atoms with Gasteiger partial charge in [0.2, 0.25) is 0 Å². The Morgan fingerprint density at radius 1 is 0.463 bits per heavy atom. The predicted octanol–water partition coefficient (Wildman–Crippen LogP) is 10.1. The van der Waals surface area contributed by atoms with Crippen LogP contribution < -0.4 is 4.90 Å². The molecule has 0 aliphatic carbocycles. The number of hydrogen-bond donors (Lipinski definition) is 0. The SMILES string of the molecule is c1ccc2c(c1)ccc1ccc(N(c3ccc4oc5cccnc5c4c3)c3cccc4oc5cccnc5c34)cc12. The Kier molecular flexibility index (Phi) is 4.55. The van der Waals surface area contributed by atoms with E-state index in [-0.39, 0.29) is 0 Å². The van der Waals surface area contributed by atoms with Crippen molar-refractivity contribution < 1.29 is 8.83 Å². The lowest BCUT2D eigenvalue weighted by molar-refractivity contribution is 0.667. The summed E-state index contributed by atoms with van der Waals surface area (Å²) in [6.45, 7) is 0. The summed E-state index contributed by atoms with van der Waals surface area (Å²) in [6.07, 6.45) is 3.62. The van der Waals surface area contributed by atoms with E-state index in [1.807, 2.05) is 48.7 Å². The Bertz CT molecular complexity index is 2450. The zero-order chi connectivity index (χ0) is 26.9. The highest BCUT2D eigenvalue weighted by Gasteiger charge is 2.21.